The SMILES string of the molecule is CN=Cc1cccc(-c2ccc3c(n2)N(C(=O)Nc2ccncc2F)[C@H]2CCN3C2)c1. The van der Waals surface area contributed by atoms with Crippen LogP contribution in [0.25, 0.3) is 11.3 Å². The van der Waals surface area contributed by atoms with Gasteiger partial charge in [0.25, 0.3) is 0 Å². The number of fused-ring (bicyclic) bond motifs is 4. The second kappa shape index (κ2) is 7.79. The van der Waals surface area contributed by atoms with Crippen molar-refractivity contribution in [1.82, 2.24) is 9.97 Å². The molecule has 2 amide bonds. The highest BCUT2D eigenvalue weighted by Gasteiger charge is 2.40. The van der Waals surface area contributed by atoms with Crippen LogP contribution in [0, 0.1) is 5.82 Å². The van der Waals surface area contributed by atoms with Crippen LogP contribution in [0.4, 0.5) is 26.4 Å². The first-order chi connectivity index (χ1) is 15.1. The molecule has 2 aliphatic rings. The van der Waals surface area contributed by atoms with Crippen molar-refractivity contribution in [3.63, 3.8) is 0 Å². The van der Waals surface area contributed by atoms with Crippen LogP contribution in [0.1, 0.15) is 12.0 Å². The Kier molecular flexibility index (Phi) is 4.82. The molecular formula is C23H21FN6O. The molecule has 156 valence electrons. The largest absolute Gasteiger partial charge is 0.366 e. The summed E-state index contributed by atoms with van der Waals surface area (Å²) in [4.78, 5) is 29.8. The van der Waals surface area contributed by atoms with Gasteiger partial charge in [0.2, 0.25) is 0 Å². The highest BCUT2D eigenvalue weighted by molar-refractivity contribution is 6.04. The molecule has 2 bridgehead atoms. The summed E-state index contributed by atoms with van der Waals surface area (Å²) >= 11 is 0. The van der Waals surface area contributed by atoms with Crippen LogP contribution in [-0.4, -0.2) is 48.4 Å². The number of nitrogens with zero attached hydrogens (tertiary/aromatic N) is 5. The fourth-order valence-corrected chi connectivity index (χ4v) is 4.21. The number of hydrogen-bond acceptors (Lipinski definition) is 5. The molecule has 0 aliphatic carbocycles. The molecule has 7 nitrogen and oxygen atoms in total. The average molecular weight is 416 g/mol. The van der Waals surface area contributed by atoms with Crippen LogP contribution >= 0.6 is 0 Å². The molecule has 0 unspecified atom stereocenters. The van der Waals surface area contributed by atoms with Crippen LogP contribution in [0.3, 0.4) is 0 Å². The number of carbonyl (C=O) groups is 1. The van der Waals surface area contributed by atoms with Crippen LogP contribution in [0.2, 0.25) is 0 Å². The number of urea groups is 1. The number of pyridine rings is 2. The Balaban J connectivity index is 1.53. The summed E-state index contributed by atoms with van der Waals surface area (Å²) < 4.78 is 14.1. The predicted octanol–water partition coefficient (Wildman–Crippen LogP) is 3.96. The summed E-state index contributed by atoms with van der Waals surface area (Å²) in [6.45, 7) is 1.59. The van der Waals surface area contributed by atoms with Crippen molar-refractivity contribution in [2.24, 2.45) is 4.99 Å². The van der Waals surface area contributed by atoms with Crippen molar-refractivity contribution in [3.05, 3.63) is 66.2 Å². The minimum Gasteiger partial charge on any atom is -0.366 e. The summed E-state index contributed by atoms with van der Waals surface area (Å²) in [6.07, 6.45) is 5.15. The molecule has 1 aromatic carbocycles. The van der Waals surface area contributed by atoms with Gasteiger partial charge in [-0.25, -0.2) is 14.2 Å². The Labute approximate surface area is 179 Å². The van der Waals surface area contributed by atoms with Gasteiger partial charge in [0, 0.05) is 38.1 Å². The van der Waals surface area contributed by atoms with Crippen molar-refractivity contribution in [2.75, 3.05) is 35.3 Å². The van der Waals surface area contributed by atoms with Crippen molar-refractivity contribution in [2.45, 2.75) is 12.5 Å². The number of halogens is 1. The normalized spacial score (nSPS) is 17.2. The van der Waals surface area contributed by atoms with Gasteiger partial charge in [0.15, 0.2) is 11.6 Å². The highest BCUT2D eigenvalue weighted by atomic mass is 19.1. The number of hydrogen-bond donors (Lipinski definition) is 1. The zero-order valence-corrected chi connectivity index (χ0v) is 17.0. The predicted molar refractivity (Wildman–Crippen MR) is 120 cm³/mol. The molecule has 1 atom stereocenters. The van der Waals surface area contributed by atoms with Gasteiger partial charge in [-0.05, 0) is 36.2 Å². The number of anilines is 3. The number of benzene rings is 1. The van der Waals surface area contributed by atoms with Gasteiger partial charge in [-0.1, -0.05) is 18.2 Å². The number of nitrogens with one attached hydrogen (secondary N) is 1. The zero-order valence-electron chi connectivity index (χ0n) is 17.0. The number of amides is 2. The summed E-state index contributed by atoms with van der Waals surface area (Å²) in [6, 6.07) is 12.9. The van der Waals surface area contributed by atoms with Crippen LogP contribution in [-0.2, 0) is 0 Å². The molecule has 0 saturated carbocycles. The monoisotopic (exact) mass is 416 g/mol. The van der Waals surface area contributed by atoms with Gasteiger partial charge in [0.05, 0.1) is 29.3 Å². The Hall–Kier alpha value is -3.81. The molecule has 2 aromatic heterocycles. The van der Waals surface area contributed by atoms with Crippen molar-refractivity contribution < 1.29 is 9.18 Å². The lowest BCUT2D eigenvalue weighted by molar-refractivity contribution is 0.254. The van der Waals surface area contributed by atoms with Gasteiger partial charge >= 0.3 is 6.03 Å². The van der Waals surface area contributed by atoms with Crippen LogP contribution in [0.15, 0.2) is 59.9 Å². The van der Waals surface area contributed by atoms with E-state index < -0.39 is 11.8 Å². The van der Waals surface area contributed by atoms with Gasteiger partial charge in [0.1, 0.15) is 0 Å². The quantitative estimate of drug-likeness (QED) is 0.656. The molecule has 2 aliphatic heterocycles. The third-order valence-electron chi connectivity index (χ3n) is 5.65. The third-order valence-corrected chi connectivity index (χ3v) is 5.65. The van der Waals surface area contributed by atoms with E-state index in [-0.39, 0.29) is 11.7 Å². The first-order valence-corrected chi connectivity index (χ1v) is 10.1. The summed E-state index contributed by atoms with van der Waals surface area (Å²) in [7, 11) is 1.73. The standard InChI is InChI=1S/C23H21FN6O/c1-25-12-15-3-2-4-16(11-15)19-5-6-21-22(27-19)30(17-8-10-29(21)14-17)23(31)28-20-7-9-26-13-18(20)24/h2-7,9,11-13,17H,8,10,14H2,1H3,(H,26,28,31)/t17-/m0/s1. The highest BCUT2D eigenvalue weighted by Crippen LogP contribution is 2.40. The fourth-order valence-electron chi connectivity index (χ4n) is 4.21. The maximum absolute atomic E-state index is 14.1. The van der Waals surface area contributed by atoms with E-state index in [2.05, 4.69) is 20.2 Å². The first-order valence-electron chi connectivity index (χ1n) is 10.1. The van der Waals surface area contributed by atoms with Gasteiger partial charge in [-0.3, -0.25) is 14.9 Å². The molecule has 0 radical (unpaired) electrons. The molecule has 3 aromatic rings. The van der Waals surface area contributed by atoms with E-state index in [4.69, 9.17) is 4.98 Å². The van der Waals surface area contributed by atoms with E-state index in [0.717, 1.165) is 48.2 Å². The fraction of sp³-hybridized carbons (Fsp3) is 0.217. The molecule has 1 saturated heterocycles. The molecule has 0 spiro atoms. The van der Waals surface area contributed by atoms with E-state index in [9.17, 15) is 9.18 Å². The Morgan fingerprint density at radius 2 is 2.19 bits per heavy atom. The van der Waals surface area contributed by atoms with Crippen molar-refractivity contribution in [3.8, 4) is 11.3 Å². The van der Waals surface area contributed by atoms with Crippen molar-refractivity contribution in [1.29, 1.82) is 0 Å². The first kappa shape index (κ1) is 19.2. The van der Waals surface area contributed by atoms with E-state index in [0.29, 0.717) is 5.82 Å². The molecule has 8 heteroatoms. The van der Waals surface area contributed by atoms with E-state index in [1.165, 1.54) is 12.3 Å². The summed E-state index contributed by atoms with van der Waals surface area (Å²) in [5.41, 5.74) is 3.69. The second-order valence-electron chi connectivity index (χ2n) is 7.60. The van der Waals surface area contributed by atoms with E-state index in [1.54, 1.807) is 18.2 Å². The van der Waals surface area contributed by atoms with Crippen LogP contribution in [0.5, 0.6) is 0 Å². The average Bonchev–Trinajstić information content (AvgIpc) is 3.20. The summed E-state index contributed by atoms with van der Waals surface area (Å²) in [5, 5.41) is 2.68. The van der Waals surface area contributed by atoms with Gasteiger partial charge < -0.3 is 10.2 Å². The molecule has 4 heterocycles. The molecule has 1 fully saturated rings. The Morgan fingerprint density at radius 3 is 3.03 bits per heavy atom. The lowest BCUT2D eigenvalue weighted by Crippen LogP contribution is -2.48. The molecule has 5 rings (SSSR count). The maximum Gasteiger partial charge on any atom is 0.327 e. The Morgan fingerprint density at radius 1 is 1.29 bits per heavy atom. The second-order valence-corrected chi connectivity index (χ2v) is 7.60. The topological polar surface area (TPSA) is 73.7 Å². The third kappa shape index (κ3) is 3.50. The van der Waals surface area contributed by atoms with Gasteiger partial charge in [-0.2, -0.15) is 0 Å². The number of carbonyl (C=O) groups excluding carboxylic acids is 1. The van der Waals surface area contributed by atoms with Crippen LogP contribution < -0.4 is 15.1 Å². The zero-order chi connectivity index (χ0) is 21.4. The summed E-state index contributed by atoms with van der Waals surface area (Å²) in [5.74, 6) is 0.0185. The lowest BCUT2D eigenvalue weighted by atomic mass is 10.1. The van der Waals surface area contributed by atoms with Gasteiger partial charge in [-0.15, -0.1) is 0 Å². The van der Waals surface area contributed by atoms with E-state index in [1.807, 2.05) is 36.4 Å². The number of aliphatic imine (C=N–C) groups is 1. The lowest BCUT2D eigenvalue weighted by Gasteiger charge is -2.36. The number of rotatable bonds is 3. The Bertz CT molecular complexity index is 1180. The molecule has 31 heavy (non-hydrogen) atoms. The maximum atomic E-state index is 14.1. The smallest absolute Gasteiger partial charge is 0.327 e. The van der Waals surface area contributed by atoms with E-state index >= 15 is 0 Å². The molecule has 1 N–H and O–H groups in total. The molecular weight excluding hydrogens is 395 g/mol. The minimum atomic E-state index is -0.572. The minimum absolute atomic E-state index is 0.0151. The number of aromatic nitrogens is 2. The van der Waals surface area contributed by atoms with Crippen molar-refractivity contribution >= 4 is 29.4 Å².